The lowest BCUT2D eigenvalue weighted by Gasteiger charge is -2.29. The fourth-order valence-electron chi connectivity index (χ4n) is 5.52. The highest BCUT2D eigenvalue weighted by Gasteiger charge is 2.44. The molecule has 0 radical (unpaired) electrons. The third kappa shape index (κ3) is 5.85. The first-order valence-corrected chi connectivity index (χ1v) is 13.8. The number of carbonyl (C=O) groups excluding carboxylic acids is 1. The smallest absolute Gasteiger partial charge is 0.277 e. The van der Waals surface area contributed by atoms with Crippen molar-refractivity contribution in [1.29, 1.82) is 0 Å². The number of hydrogen-bond acceptors (Lipinski definition) is 8. The van der Waals surface area contributed by atoms with E-state index < -0.39 is 33.2 Å². The molecule has 3 aromatic carbocycles. The van der Waals surface area contributed by atoms with Crippen LogP contribution in [-0.4, -0.2) is 39.7 Å². The first-order chi connectivity index (χ1) is 20.3. The third-order valence-corrected chi connectivity index (χ3v) is 7.35. The Hall–Kier alpha value is -5.06. The average molecular weight is 571 g/mol. The Kier molecular flexibility index (Phi) is 8.28. The topological polar surface area (TPSA) is 137 Å². The van der Waals surface area contributed by atoms with Gasteiger partial charge < -0.3 is 9.47 Å². The van der Waals surface area contributed by atoms with Crippen molar-refractivity contribution in [3.63, 3.8) is 0 Å². The highest BCUT2D eigenvalue weighted by atomic mass is 16.6. The number of hydrazone groups is 1. The molecule has 42 heavy (non-hydrogen) atoms. The molecule has 0 saturated heterocycles. The van der Waals surface area contributed by atoms with E-state index in [0.29, 0.717) is 19.0 Å². The van der Waals surface area contributed by atoms with Gasteiger partial charge in [-0.05, 0) is 80.2 Å². The number of amides is 1. The first-order valence-electron chi connectivity index (χ1n) is 13.8. The number of benzene rings is 3. The molecule has 2 aliphatic rings. The van der Waals surface area contributed by atoms with Gasteiger partial charge in [0.25, 0.3) is 17.3 Å². The summed E-state index contributed by atoms with van der Waals surface area (Å²) in [6.45, 7) is 4.90. The van der Waals surface area contributed by atoms with Gasteiger partial charge in [-0.2, -0.15) is 5.10 Å². The highest BCUT2D eigenvalue weighted by molar-refractivity contribution is 6.09. The molecule has 11 heteroatoms. The summed E-state index contributed by atoms with van der Waals surface area (Å²) in [4.78, 5) is 35.5. The predicted molar refractivity (Wildman–Crippen MR) is 157 cm³/mol. The molecule has 0 N–H and O–H groups in total. The summed E-state index contributed by atoms with van der Waals surface area (Å²) in [5.74, 6) is 0.677. The van der Waals surface area contributed by atoms with Crippen LogP contribution >= 0.6 is 0 Å². The minimum Gasteiger partial charge on any atom is -0.494 e. The summed E-state index contributed by atoms with van der Waals surface area (Å²) in [6, 6.07) is 17.6. The molecule has 5 rings (SSSR count). The summed E-state index contributed by atoms with van der Waals surface area (Å²) in [6.07, 6.45) is 4.48. The van der Waals surface area contributed by atoms with E-state index in [4.69, 9.17) is 14.6 Å². The second-order valence-corrected chi connectivity index (χ2v) is 10.0. The zero-order valence-corrected chi connectivity index (χ0v) is 23.3. The highest BCUT2D eigenvalue weighted by Crippen LogP contribution is 2.45. The number of allylic oxidation sites excluding steroid dienone is 1. The van der Waals surface area contributed by atoms with Crippen molar-refractivity contribution in [2.45, 2.75) is 39.2 Å². The van der Waals surface area contributed by atoms with Crippen molar-refractivity contribution in [1.82, 2.24) is 5.01 Å². The van der Waals surface area contributed by atoms with Gasteiger partial charge in [-0.25, -0.2) is 5.01 Å². The van der Waals surface area contributed by atoms with Gasteiger partial charge in [0.05, 0.1) is 46.4 Å². The van der Waals surface area contributed by atoms with Crippen LogP contribution in [0, 0.1) is 26.1 Å². The zero-order valence-electron chi connectivity index (χ0n) is 23.3. The Bertz CT molecular complexity index is 1530. The Labute approximate surface area is 242 Å². The maximum Gasteiger partial charge on any atom is 0.277 e. The SMILES string of the molecule is CCOc1ccc(/C=C2/CCC[C@H]3C2=NN(C(=O)c2cc([N+](=O)[O-])cc([N+](=O)[O-])c2)[C@H]3c2ccc(OCC)cc2)cc1. The fraction of sp³-hybridized carbons (Fsp3) is 0.290. The first kappa shape index (κ1) is 28.5. The summed E-state index contributed by atoms with van der Waals surface area (Å²) in [5.41, 5.74) is 2.29. The van der Waals surface area contributed by atoms with Crippen LogP contribution in [0.2, 0.25) is 0 Å². The van der Waals surface area contributed by atoms with E-state index in [2.05, 4.69) is 6.08 Å². The van der Waals surface area contributed by atoms with Crippen LogP contribution in [0.1, 0.15) is 60.6 Å². The second-order valence-electron chi connectivity index (χ2n) is 10.0. The molecule has 216 valence electrons. The van der Waals surface area contributed by atoms with E-state index in [1.54, 1.807) is 0 Å². The lowest BCUT2D eigenvalue weighted by atomic mass is 9.77. The normalized spacial score (nSPS) is 18.8. The van der Waals surface area contributed by atoms with Gasteiger partial charge in [0, 0.05) is 18.1 Å². The molecule has 1 aliphatic carbocycles. The van der Waals surface area contributed by atoms with E-state index in [-0.39, 0.29) is 11.5 Å². The lowest BCUT2D eigenvalue weighted by molar-refractivity contribution is -0.394. The molecule has 1 saturated carbocycles. The standard InChI is InChI=1S/C31H30N4O7/c1-3-41-26-12-8-20(9-13-26)16-22-6-5-7-28-29(22)32-33(30(28)21-10-14-27(15-11-21)42-4-2)31(36)23-17-24(34(37)38)19-25(18-23)35(39)40/h8-19,28,30H,3-7H2,1-2H3/b22-16-/t28-,30-/m0/s1. The van der Waals surface area contributed by atoms with E-state index in [0.717, 1.165) is 65.6 Å². The van der Waals surface area contributed by atoms with Crippen molar-refractivity contribution in [2.75, 3.05) is 13.2 Å². The molecule has 2 atom stereocenters. The van der Waals surface area contributed by atoms with E-state index in [1.165, 1.54) is 5.01 Å². The van der Waals surface area contributed by atoms with Crippen molar-refractivity contribution in [3.8, 4) is 11.5 Å². The van der Waals surface area contributed by atoms with Crippen molar-refractivity contribution in [3.05, 3.63) is 109 Å². The molecule has 0 bridgehead atoms. The van der Waals surface area contributed by atoms with E-state index in [9.17, 15) is 25.0 Å². The molecule has 1 aliphatic heterocycles. The Morgan fingerprint density at radius 3 is 2.05 bits per heavy atom. The molecule has 1 amide bonds. The van der Waals surface area contributed by atoms with Crippen molar-refractivity contribution < 1.29 is 24.1 Å². The maximum absolute atomic E-state index is 14.0. The Morgan fingerprint density at radius 1 is 0.929 bits per heavy atom. The van der Waals surface area contributed by atoms with Gasteiger partial charge in [-0.3, -0.25) is 25.0 Å². The molecule has 0 aromatic heterocycles. The number of rotatable bonds is 9. The molecular formula is C31H30N4O7. The predicted octanol–water partition coefficient (Wildman–Crippen LogP) is 6.74. The van der Waals surface area contributed by atoms with Gasteiger partial charge >= 0.3 is 0 Å². The summed E-state index contributed by atoms with van der Waals surface area (Å²) in [7, 11) is 0. The molecule has 0 spiro atoms. The fourth-order valence-corrected chi connectivity index (χ4v) is 5.52. The van der Waals surface area contributed by atoms with Crippen LogP contribution < -0.4 is 9.47 Å². The number of ether oxygens (including phenoxy) is 2. The van der Waals surface area contributed by atoms with Gasteiger partial charge in [0.1, 0.15) is 11.5 Å². The number of hydrogen-bond donors (Lipinski definition) is 0. The van der Waals surface area contributed by atoms with Crippen LogP contribution in [0.4, 0.5) is 11.4 Å². The summed E-state index contributed by atoms with van der Waals surface area (Å²) in [5, 5.41) is 29.2. The minimum atomic E-state index is -0.749. The van der Waals surface area contributed by atoms with Crippen LogP contribution in [0.15, 0.2) is 77.4 Å². The summed E-state index contributed by atoms with van der Waals surface area (Å²) >= 11 is 0. The third-order valence-electron chi connectivity index (χ3n) is 7.35. The monoisotopic (exact) mass is 570 g/mol. The molecule has 0 unspecified atom stereocenters. The van der Waals surface area contributed by atoms with E-state index in [1.807, 2.05) is 62.4 Å². The average Bonchev–Trinajstić information content (AvgIpc) is 3.39. The minimum absolute atomic E-state index is 0.136. The van der Waals surface area contributed by atoms with Crippen molar-refractivity contribution >= 4 is 29.1 Å². The van der Waals surface area contributed by atoms with Crippen molar-refractivity contribution in [2.24, 2.45) is 11.0 Å². The molecule has 1 heterocycles. The zero-order chi connectivity index (χ0) is 29.8. The van der Waals surface area contributed by atoms with Gasteiger partial charge in [-0.1, -0.05) is 24.3 Å². The van der Waals surface area contributed by atoms with Gasteiger partial charge in [-0.15, -0.1) is 0 Å². The van der Waals surface area contributed by atoms with Crippen LogP contribution in [-0.2, 0) is 0 Å². The van der Waals surface area contributed by atoms with Crippen LogP contribution in [0.5, 0.6) is 11.5 Å². The van der Waals surface area contributed by atoms with Gasteiger partial charge in [0.15, 0.2) is 0 Å². The second kappa shape index (κ2) is 12.2. The molecule has 1 fully saturated rings. The van der Waals surface area contributed by atoms with Crippen LogP contribution in [0.3, 0.4) is 0 Å². The number of nitro benzene ring substituents is 2. The number of fused-ring (bicyclic) bond motifs is 1. The number of nitrogens with zero attached hydrogens (tertiary/aromatic N) is 4. The number of non-ortho nitro benzene ring substituents is 2. The largest absolute Gasteiger partial charge is 0.494 e. The number of carbonyl (C=O) groups is 1. The molecular weight excluding hydrogens is 540 g/mol. The maximum atomic E-state index is 14.0. The Balaban J connectivity index is 1.58. The van der Waals surface area contributed by atoms with Gasteiger partial charge in [0.2, 0.25) is 0 Å². The molecule has 3 aromatic rings. The van der Waals surface area contributed by atoms with Crippen LogP contribution in [0.25, 0.3) is 6.08 Å². The molecule has 11 nitrogen and oxygen atoms in total. The Morgan fingerprint density at radius 2 is 1.50 bits per heavy atom. The lowest BCUT2D eigenvalue weighted by Crippen LogP contribution is -2.32. The summed E-state index contributed by atoms with van der Waals surface area (Å²) < 4.78 is 11.2. The quantitative estimate of drug-likeness (QED) is 0.205. The van der Waals surface area contributed by atoms with E-state index >= 15 is 0 Å². The number of nitro groups is 2.